The van der Waals surface area contributed by atoms with Crippen molar-refractivity contribution in [2.45, 2.75) is 33.1 Å². The SMILES string of the molecule is CC(=O)[C@@]1(C)CCC2(C=CC(=O)C=C2)C1. The zero-order chi connectivity index (χ0) is 11.1. The first-order valence-electron chi connectivity index (χ1n) is 5.39. The van der Waals surface area contributed by atoms with Crippen molar-refractivity contribution in [3.8, 4) is 0 Å². The third kappa shape index (κ3) is 1.69. The Morgan fingerprint density at radius 1 is 1.27 bits per heavy atom. The number of hydrogen-bond donors (Lipinski definition) is 0. The molecule has 2 aliphatic rings. The van der Waals surface area contributed by atoms with E-state index in [-0.39, 0.29) is 22.4 Å². The Morgan fingerprint density at radius 3 is 2.33 bits per heavy atom. The minimum atomic E-state index is -0.199. The van der Waals surface area contributed by atoms with Crippen LogP contribution < -0.4 is 0 Å². The first-order chi connectivity index (χ1) is 6.96. The first kappa shape index (κ1) is 10.3. The molecule has 2 rings (SSSR count). The molecule has 0 heterocycles. The molecule has 1 saturated carbocycles. The van der Waals surface area contributed by atoms with Crippen molar-refractivity contribution in [1.29, 1.82) is 0 Å². The van der Waals surface area contributed by atoms with Gasteiger partial charge in [-0.1, -0.05) is 19.1 Å². The molecule has 0 aromatic rings. The summed E-state index contributed by atoms with van der Waals surface area (Å²) in [5, 5.41) is 0. The van der Waals surface area contributed by atoms with Crippen molar-refractivity contribution in [3.63, 3.8) is 0 Å². The Morgan fingerprint density at radius 2 is 1.87 bits per heavy atom. The lowest BCUT2D eigenvalue weighted by atomic mass is 9.77. The van der Waals surface area contributed by atoms with Crippen LogP contribution in [0.2, 0.25) is 0 Å². The molecule has 0 radical (unpaired) electrons. The second kappa shape index (κ2) is 3.16. The predicted octanol–water partition coefficient (Wildman–Crippen LogP) is 2.45. The maximum Gasteiger partial charge on any atom is 0.178 e. The molecule has 0 aromatic carbocycles. The smallest absolute Gasteiger partial charge is 0.178 e. The van der Waals surface area contributed by atoms with Gasteiger partial charge in [-0.3, -0.25) is 9.59 Å². The molecule has 2 aliphatic carbocycles. The van der Waals surface area contributed by atoms with Crippen LogP contribution in [0.1, 0.15) is 33.1 Å². The molecule has 1 atom stereocenters. The van der Waals surface area contributed by atoms with Gasteiger partial charge in [0.25, 0.3) is 0 Å². The van der Waals surface area contributed by atoms with E-state index in [0.29, 0.717) is 0 Å². The lowest BCUT2D eigenvalue weighted by molar-refractivity contribution is -0.125. The Kier molecular flexibility index (Phi) is 2.18. The van der Waals surface area contributed by atoms with Gasteiger partial charge in [0.1, 0.15) is 5.78 Å². The first-order valence-corrected chi connectivity index (χ1v) is 5.39. The van der Waals surface area contributed by atoms with Crippen LogP contribution in [-0.4, -0.2) is 11.6 Å². The Labute approximate surface area is 90.1 Å². The third-order valence-corrected chi connectivity index (χ3v) is 3.87. The summed E-state index contributed by atoms with van der Waals surface area (Å²) >= 11 is 0. The van der Waals surface area contributed by atoms with E-state index < -0.39 is 0 Å². The molecule has 80 valence electrons. The van der Waals surface area contributed by atoms with E-state index in [0.717, 1.165) is 19.3 Å². The molecule has 2 nitrogen and oxygen atoms in total. The van der Waals surface area contributed by atoms with E-state index in [1.165, 1.54) is 0 Å². The van der Waals surface area contributed by atoms with Gasteiger partial charge in [0, 0.05) is 10.8 Å². The van der Waals surface area contributed by atoms with Gasteiger partial charge in [-0.15, -0.1) is 0 Å². The van der Waals surface area contributed by atoms with Crippen LogP contribution in [0.5, 0.6) is 0 Å². The molecule has 0 aromatic heterocycles. The number of Topliss-reactive ketones (excluding diaryl/α,β-unsaturated/α-hetero) is 1. The molecule has 0 saturated heterocycles. The molecule has 15 heavy (non-hydrogen) atoms. The summed E-state index contributed by atoms with van der Waals surface area (Å²) in [6.07, 6.45) is 9.95. The van der Waals surface area contributed by atoms with Gasteiger partial charge in [-0.25, -0.2) is 0 Å². The average molecular weight is 204 g/mol. The molecule has 0 amide bonds. The van der Waals surface area contributed by atoms with Crippen LogP contribution >= 0.6 is 0 Å². The Bertz CT molecular complexity index is 360. The van der Waals surface area contributed by atoms with Gasteiger partial charge in [0.2, 0.25) is 0 Å². The second-order valence-electron chi connectivity index (χ2n) is 5.10. The van der Waals surface area contributed by atoms with Gasteiger partial charge in [-0.05, 0) is 38.3 Å². The lowest BCUT2D eigenvalue weighted by Crippen LogP contribution is -2.24. The van der Waals surface area contributed by atoms with Crippen molar-refractivity contribution in [1.82, 2.24) is 0 Å². The van der Waals surface area contributed by atoms with E-state index in [9.17, 15) is 9.59 Å². The number of rotatable bonds is 1. The summed E-state index contributed by atoms with van der Waals surface area (Å²) in [7, 11) is 0. The fraction of sp³-hybridized carbons (Fsp3) is 0.538. The molecule has 1 spiro atoms. The molecule has 1 fully saturated rings. The Hall–Kier alpha value is -1.18. The lowest BCUT2D eigenvalue weighted by Gasteiger charge is -2.26. The van der Waals surface area contributed by atoms with Gasteiger partial charge in [0.05, 0.1) is 0 Å². The maximum atomic E-state index is 11.5. The summed E-state index contributed by atoms with van der Waals surface area (Å²) in [6, 6.07) is 0. The molecular formula is C13H16O2. The number of carbonyl (C=O) groups is 2. The van der Waals surface area contributed by atoms with Crippen molar-refractivity contribution in [2.24, 2.45) is 10.8 Å². The van der Waals surface area contributed by atoms with E-state index in [4.69, 9.17) is 0 Å². The molecule has 0 aliphatic heterocycles. The highest BCUT2D eigenvalue weighted by atomic mass is 16.1. The predicted molar refractivity (Wildman–Crippen MR) is 58.4 cm³/mol. The quantitative estimate of drug-likeness (QED) is 0.657. The third-order valence-electron chi connectivity index (χ3n) is 3.87. The number of carbonyl (C=O) groups excluding carboxylic acids is 2. The minimum Gasteiger partial charge on any atom is -0.299 e. The van der Waals surface area contributed by atoms with E-state index in [1.54, 1.807) is 19.1 Å². The van der Waals surface area contributed by atoms with Crippen molar-refractivity contribution in [2.75, 3.05) is 0 Å². The van der Waals surface area contributed by atoms with Crippen molar-refractivity contribution >= 4 is 11.6 Å². The van der Waals surface area contributed by atoms with Crippen LogP contribution in [0, 0.1) is 10.8 Å². The minimum absolute atomic E-state index is 0.0334. The topological polar surface area (TPSA) is 34.1 Å². The molecule has 2 heteroatoms. The number of hydrogen-bond acceptors (Lipinski definition) is 2. The Balaban J connectivity index is 2.23. The highest BCUT2D eigenvalue weighted by Gasteiger charge is 2.45. The van der Waals surface area contributed by atoms with Gasteiger partial charge in [0.15, 0.2) is 5.78 Å². The van der Waals surface area contributed by atoms with Crippen molar-refractivity contribution < 1.29 is 9.59 Å². The number of ketones is 2. The summed E-state index contributed by atoms with van der Waals surface area (Å²) in [4.78, 5) is 22.6. The summed E-state index contributed by atoms with van der Waals surface area (Å²) < 4.78 is 0. The van der Waals surface area contributed by atoms with E-state index in [2.05, 4.69) is 0 Å². The largest absolute Gasteiger partial charge is 0.299 e. The van der Waals surface area contributed by atoms with Crippen LogP contribution in [0.4, 0.5) is 0 Å². The van der Waals surface area contributed by atoms with Crippen LogP contribution in [0.3, 0.4) is 0 Å². The fourth-order valence-electron chi connectivity index (χ4n) is 2.60. The fourth-order valence-corrected chi connectivity index (χ4v) is 2.60. The molecule has 0 bridgehead atoms. The second-order valence-corrected chi connectivity index (χ2v) is 5.10. The monoisotopic (exact) mass is 204 g/mol. The van der Waals surface area contributed by atoms with Crippen molar-refractivity contribution in [3.05, 3.63) is 24.3 Å². The van der Waals surface area contributed by atoms with Gasteiger partial charge >= 0.3 is 0 Å². The van der Waals surface area contributed by atoms with Crippen LogP contribution in [-0.2, 0) is 9.59 Å². The highest BCUT2D eigenvalue weighted by molar-refractivity contribution is 6.00. The molecule has 0 N–H and O–H groups in total. The normalized spacial score (nSPS) is 32.5. The summed E-state index contributed by atoms with van der Waals surface area (Å²) in [5.74, 6) is 0.315. The van der Waals surface area contributed by atoms with E-state index in [1.807, 2.05) is 19.1 Å². The zero-order valence-electron chi connectivity index (χ0n) is 9.25. The zero-order valence-corrected chi connectivity index (χ0v) is 9.25. The molecular weight excluding hydrogens is 188 g/mol. The maximum absolute atomic E-state index is 11.5. The summed E-state index contributed by atoms with van der Waals surface area (Å²) in [6.45, 7) is 3.70. The molecule has 0 unspecified atom stereocenters. The number of allylic oxidation sites excluding steroid dienone is 4. The van der Waals surface area contributed by atoms with Gasteiger partial charge < -0.3 is 0 Å². The average Bonchev–Trinajstić information content (AvgIpc) is 2.52. The highest BCUT2D eigenvalue weighted by Crippen LogP contribution is 2.52. The summed E-state index contributed by atoms with van der Waals surface area (Å²) in [5.41, 5.74) is -0.233. The standard InChI is InChI=1S/C13H16O2/c1-10(14)12(2)7-8-13(9-12)5-3-11(15)4-6-13/h3-6H,7-9H2,1-2H3/t12-/m0/s1. The van der Waals surface area contributed by atoms with E-state index >= 15 is 0 Å². The van der Waals surface area contributed by atoms with Crippen LogP contribution in [0.15, 0.2) is 24.3 Å². The van der Waals surface area contributed by atoms with Gasteiger partial charge in [-0.2, -0.15) is 0 Å². The van der Waals surface area contributed by atoms with Crippen LogP contribution in [0.25, 0.3) is 0 Å².